The van der Waals surface area contributed by atoms with Crippen LogP contribution in [0.15, 0.2) is 36.4 Å². The average Bonchev–Trinajstić information content (AvgIpc) is 2.89. The number of benzene rings is 2. The predicted octanol–water partition coefficient (Wildman–Crippen LogP) is 5.28. The van der Waals surface area contributed by atoms with Crippen LogP contribution in [0.4, 0.5) is 4.39 Å². The summed E-state index contributed by atoms with van der Waals surface area (Å²) in [5.74, 6) is -0.289. The fourth-order valence-corrected chi connectivity index (χ4v) is 2.38. The number of aromatic amines is 1. The fraction of sp³-hybridized carbons (Fsp3) is 0.235. The van der Waals surface area contributed by atoms with Crippen LogP contribution in [-0.4, -0.2) is 10.2 Å². The van der Waals surface area contributed by atoms with Gasteiger partial charge >= 0.3 is 0 Å². The summed E-state index contributed by atoms with van der Waals surface area (Å²) in [5.41, 5.74) is 3.57. The Kier molecular flexibility index (Phi) is 4.97. The van der Waals surface area contributed by atoms with Gasteiger partial charge < -0.3 is 0 Å². The van der Waals surface area contributed by atoms with E-state index in [1.165, 1.54) is 6.07 Å². The van der Waals surface area contributed by atoms with Crippen molar-refractivity contribution >= 4 is 22.5 Å². The molecule has 1 N–H and O–H groups in total. The normalized spacial score (nSPS) is 10.3. The van der Waals surface area contributed by atoms with E-state index >= 15 is 0 Å². The lowest BCUT2D eigenvalue weighted by molar-refractivity contribution is 0.613. The van der Waals surface area contributed by atoms with Crippen molar-refractivity contribution in [3.63, 3.8) is 0 Å². The molecule has 0 saturated heterocycles. The van der Waals surface area contributed by atoms with Crippen molar-refractivity contribution in [1.82, 2.24) is 10.2 Å². The van der Waals surface area contributed by atoms with Gasteiger partial charge in [0.25, 0.3) is 0 Å². The van der Waals surface area contributed by atoms with E-state index in [2.05, 4.69) is 10.2 Å². The number of hydrogen-bond acceptors (Lipinski definition) is 1. The Morgan fingerprint density at radius 3 is 2.67 bits per heavy atom. The number of fused-ring (bicyclic) bond motifs is 1. The molecule has 4 heteroatoms. The largest absolute Gasteiger partial charge is 0.281 e. The van der Waals surface area contributed by atoms with E-state index in [0.717, 1.165) is 22.2 Å². The number of para-hydroxylation sites is 1. The highest BCUT2D eigenvalue weighted by Crippen LogP contribution is 2.23. The Hall–Kier alpha value is -1.87. The molecule has 0 fully saturated rings. The summed E-state index contributed by atoms with van der Waals surface area (Å²) in [4.78, 5) is 0. The van der Waals surface area contributed by atoms with Crippen LogP contribution in [0.5, 0.6) is 0 Å². The van der Waals surface area contributed by atoms with Crippen LogP contribution < -0.4 is 0 Å². The minimum Gasteiger partial charge on any atom is -0.281 e. The van der Waals surface area contributed by atoms with Crippen LogP contribution in [0.1, 0.15) is 30.7 Å². The Labute approximate surface area is 129 Å². The number of nitrogens with one attached hydrogen (secondary N) is 1. The maximum Gasteiger partial charge on any atom is 0.128 e. The molecular weight excluding hydrogens is 287 g/mol. The van der Waals surface area contributed by atoms with E-state index in [1.54, 1.807) is 12.1 Å². The van der Waals surface area contributed by atoms with E-state index in [4.69, 9.17) is 11.6 Å². The number of nitrogens with zero attached hydrogens (tertiary/aromatic N) is 1. The molecule has 0 atom stereocenters. The van der Waals surface area contributed by atoms with Crippen LogP contribution in [-0.2, 0) is 6.42 Å². The Bertz CT molecular complexity index is 750. The van der Waals surface area contributed by atoms with E-state index < -0.39 is 0 Å². The monoisotopic (exact) mass is 304 g/mol. The maximum atomic E-state index is 13.8. The summed E-state index contributed by atoms with van der Waals surface area (Å²) in [6.07, 6.45) is 0.475. The smallest absolute Gasteiger partial charge is 0.128 e. The van der Waals surface area contributed by atoms with E-state index in [0.29, 0.717) is 17.0 Å². The fourth-order valence-electron chi connectivity index (χ4n) is 2.22. The predicted molar refractivity (Wildman–Crippen MR) is 86.4 cm³/mol. The van der Waals surface area contributed by atoms with E-state index in [1.807, 2.05) is 39.0 Å². The molecule has 0 amide bonds. The minimum atomic E-state index is -0.289. The third kappa shape index (κ3) is 3.24. The number of H-pyrrole nitrogens is 1. The highest BCUT2D eigenvalue weighted by molar-refractivity contribution is 6.30. The van der Waals surface area contributed by atoms with Crippen molar-refractivity contribution in [3.05, 3.63) is 64.1 Å². The number of halogens is 2. The van der Waals surface area contributed by atoms with Gasteiger partial charge in [0.05, 0.1) is 5.52 Å². The van der Waals surface area contributed by atoms with Crippen LogP contribution in [0.2, 0.25) is 5.02 Å². The van der Waals surface area contributed by atoms with Crippen molar-refractivity contribution < 1.29 is 4.39 Å². The lowest BCUT2D eigenvalue weighted by Crippen LogP contribution is -1.93. The molecule has 0 aliphatic rings. The van der Waals surface area contributed by atoms with Crippen molar-refractivity contribution in [2.75, 3.05) is 0 Å². The lowest BCUT2D eigenvalue weighted by Gasteiger charge is -2.02. The first-order valence-corrected chi connectivity index (χ1v) is 7.39. The maximum absolute atomic E-state index is 13.8. The molecule has 3 rings (SSSR count). The Morgan fingerprint density at radius 2 is 1.95 bits per heavy atom. The quantitative estimate of drug-likeness (QED) is 0.685. The Morgan fingerprint density at radius 1 is 1.19 bits per heavy atom. The van der Waals surface area contributed by atoms with E-state index in [9.17, 15) is 4.39 Å². The van der Waals surface area contributed by atoms with Crippen molar-refractivity contribution in [2.45, 2.75) is 27.2 Å². The van der Waals surface area contributed by atoms with Crippen LogP contribution in [0.3, 0.4) is 0 Å². The van der Waals surface area contributed by atoms with Gasteiger partial charge in [-0.1, -0.05) is 49.7 Å². The summed E-state index contributed by atoms with van der Waals surface area (Å²) >= 11 is 5.75. The van der Waals surface area contributed by atoms with Crippen molar-refractivity contribution in [1.29, 1.82) is 0 Å². The molecule has 1 heterocycles. The minimum absolute atomic E-state index is 0.289. The third-order valence-electron chi connectivity index (χ3n) is 3.25. The first-order valence-electron chi connectivity index (χ1n) is 7.01. The molecule has 0 spiro atoms. The van der Waals surface area contributed by atoms with Crippen LogP contribution >= 0.6 is 11.6 Å². The number of aryl methyl sites for hydroxylation is 1. The second-order valence-corrected chi connectivity index (χ2v) is 5.02. The molecule has 1 aromatic heterocycles. The number of aromatic nitrogens is 2. The third-order valence-corrected chi connectivity index (χ3v) is 3.48. The second kappa shape index (κ2) is 6.72. The molecule has 3 aromatic rings. The number of hydrogen-bond donors (Lipinski definition) is 1. The molecule has 0 radical (unpaired) electrons. The standard InChI is InChI=1S/C15H12ClFN2.C2H6/c1-9-3-2-4-12-14(18-19-15(9)12)7-10-5-6-11(16)8-13(10)17;1-2/h2-6,8H,7H2,1H3,(H,18,19);1-2H3. The van der Waals surface area contributed by atoms with E-state index in [-0.39, 0.29) is 5.82 Å². The summed E-state index contributed by atoms with van der Waals surface area (Å²) in [6, 6.07) is 10.7. The summed E-state index contributed by atoms with van der Waals surface area (Å²) in [7, 11) is 0. The Balaban J connectivity index is 0.000000774. The van der Waals surface area contributed by atoms with Gasteiger partial charge in [0, 0.05) is 22.5 Å². The zero-order chi connectivity index (χ0) is 15.4. The molecule has 110 valence electrons. The average molecular weight is 305 g/mol. The molecule has 21 heavy (non-hydrogen) atoms. The first-order chi connectivity index (χ1) is 10.1. The van der Waals surface area contributed by atoms with Gasteiger partial charge in [0.1, 0.15) is 5.82 Å². The van der Waals surface area contributed by atoms with Gasteiger partial charge in [-0.25, -0.2) is 4.39 Å². The zero-order valence-electron chi connectivity index (χ0n) is 12.4. The van der Waals surface area contributed by atoms with Gasteiger partial charge in [0.2, 0.25) is 0 Å². The molecule has 2 nitrogen and oxygen atoms in total. The van der Waals surface area contributed by atoms with Crippen molar-refractivity contribution in [2.24, 2.45) is 0 Å². The van der Waals surface area contributed by atoms with Gasteiger partial charge in [-0.05, 0) is 30.2 Å². The van der Waals surface area contributed by atoms with Crippen LogP contribution in [0, 0.1) is 12.7 Å². The van der Waals surface area contributed by atoms with Gasteiger partial charge in [-0.3, -0.25) is 5.10 Å². The topological polar surface area (TPSA) is 28.7 Å². The molecule has 0 saturated carbocycles. The summed E-state index contributed by atoms with van der Waals surface area (Å²) < 4.78 is 13.8. The molecule has 2 aromatic carbocycles. The summed E-state index contributed by atoms with van der Waals surface area (Å²) in [5, 5.41) is 8.73. The molecule has 0 aliphatic carbocycles. The lowest BCUT2D eigenvalue weighted by atomic mass is 10.0. The molecule has 0 bridgehead atoms. The van der Waals surface area contributed by atoms with Gasteiger partial charge in [0.15, 0.2) is 0 Å². The second-order valence-electron chi connectivity index (χ2n) is 4.59. The highest BCUT2D eigenvalue weighted by Gasteiger charge is 2.10. The first kappa shape index (κ1) is 15.5. The highest BCUT2D eigenvalue weighted by atomic mass is 35.5. The van der Waals surface area contributed by atoms with Crippen LogP contribution in [0.25, 0.3) is 10.9 Å². The van der Waals surface area contributed by atoms with Crippen molar-refractivity contribution in [3.8, 4) is 0 Å². The summed E-state index contributed by atoms with van der Waals surface area (Å²) in [6.45, 7) is 6.01. The molecule has 0 unspecified atom stereocenters. The SMILES string of the molecule is CC.Cc1cccc2c(Cc3ccc(Cl)cc3F)[nH]nc12. The van der Waals surface area contributed by atoms with Gasteiger partial charge in [-0.2, -0.15) is 5.10 Å². The number of rotatable bonds is 2. The molecule has 0 aliphatic heterocycles. The molecular formula is C17H18ClFN2. The zero-order valence-corrected chi connectivity index (χ0v) is 13.1. The van der Waals surface area contributed by atoms with Gasteiger partial charge in [-0.15, -0.1) is 0 Å².